The summed E-state index contributed by atoms with van der Waals surface area (Å²) in [6.07, 6.45) is 6.69. The summed E-state index contributed by atoms with van der Waals surface area (Å²) in [5, 5.41) is 0.247. The van der Waals surface area contributed by atoms with Gasteiger partial charge in [-0.2, -0.15) is 4.98 Å². The first-order chi connectivity index (χ1) is 7.24. The van der Waals surface area contributed by atoms with Crippen molar-refractivity contribution in [2.24, 2.45) is 5.92 Å². The molecule has 1 saturated carbocycles. The van der Waals surface area contributed by atoms with E-state index in [9.17, 15) is 0 Å². The molecule has 82 valence electrons. The lowest BCUT2D eigenvalue weighted by atomic mass is 9.89. The summed E-state index contributed by atoms with van der Waals surface area (Å²) >= 11 is 5.69. The van der Waals surface area contributed by atoms with Gasteiger partial charge >= 0.3 is 0 Å². The Balaban J connectivity index is 1.96. The molecule has 2 atom stereocenters. The zero-order chi connectivity index (χ0) is 10.7. The summed E-state index contributed by atoms with van der Waals surface area (Å²) in [7, 11) is 0. The average Bonchev–Trinajstić information content (AvgIpc) is 2.17. The summed E-state index contributed by atoms with van der Waals surface area (Å²) in [6.45, 7) is 2.27. The Morgan fingerprint density at radius 3 is 3.07 bits per heavy atom. The summed E-state index contributed by atoms with van der Waals surface area (Å²) in [4.78, 5) is 7.85. The molecule has 1 aromatic heterocycles. The van der Waals surface area contributed by atoms with Crippen molar-refractivity contribution < 1.29 is 4.74 Å². The van der Waals surface area contributed by atoms with Crippen LogP contribution in [0.5, 0.6) is 5.88 Å². The molecular weight excluding hydrogens is 212 g/mol. The number of halogens is 1. The Bertz CT molecular complexity index is 332. The van der Waals surface area contributed by atoms with Crippen LogP contribution in [0.15, 0.2) is 12.3 Å². The maximum atomic E-state index is 5.77. The van der Waals surface area contributed by atoms with Crippen molar-refractivity contribution in [2.75, 3.05) is 0 Å². The van der Waals surface area contributed by atoms with E-state index in [4.69, 9.17) is 16.3 Å². The molecule has 15 heavy (non-hydrogen) atoms. The standard InChI is InChI=1S/C11H15ClN2O/c1-8-3-2-4-9(7-8)15-10-5-6-13-11(12)14-10/h5-6,8-9H,2-4,7H2,1H3. The highest BCUT2D eigenvalue weighted by molar-refractivity contribution is 6.28. The van der Waals surface area contributed by atoms with Gasteiger partial charge in [-0.3, -0.25) is 0 Å². The molecule has 0 N–H and O–H groups in total. The summed E-state index contributed by atoms with van der Waals surface area (Å²) in [5.74, 6) is 1.34. The Morgan fingerprint density at radius 1 is 1.47 bits per heavy atom. The predicted molar refractivity (Wildman–Crippen MR) is 59.1 cm³/mol. The minimum absolute atomic E-state index is 0.247. The van der Waals surface area contributed by atoms with Crippen LogP contribution in [0.2, 0.25) is 5.28 Å². The van der Waals surface area contributed by atoms with Gasteiger partial charge in [0, 0.05) is 12.3 Å². The number of hydrogen-bond acceptors (Lipinski definition) is 3. The second-order valence-electron chi connectivity index (χ2n) is 4.18. The van der Waals surface area contributed by atoms with E-state index in [0.717, 1.165) is 18.8 Å². The summed E-state index contributed by atoms with van der Waals surface area (Å²) < 4.78 is 5.77. The Labute approximate surface area is 94.8 Å². The molecular formula is C11H15ClN2O. The van der Waals surface area contributed by atoms with Crippen molar-refractivity contribution in [1.29, 1.82) is 0 Å². The molecule has 0 radical (unpaired) electrons. The molecule has 0 aliphatic heterocycles. The number of nitrogens with zero attached hydrogens (tertiary/aromatic N) is 2. The lowest BCUT2D eigenvalue weighted by molar-refractivity contribution is 0.124. The van der Waals surface area contributed by atoms with Crippen LogP contribution < -0.4 is 4.74 Å². The largest absolute Gasteiger partial charge is 0.474 e. The van der Waals surface area contributed by atoms with E-state index < -0.39 is 0 Å². The highest BCUT2D eigenvalue weighted by atomic mass is 35.5. The molecule has 0 bridgehead atoms. The molecule has 2 rings (SSSR count). The van der Waals surface area contributed by atoms with Crippen LogP contribution in [0, 0.1) is 5.92 Å². The highest BCUT2D eigenvalue weighted by Crippen LogP contribution is 2.26. The zero-order valence-electron chi connectivity index (χ0n) is 8.82. The molecule has 0 aromatic carbocycles. The van der Waals surface area contributed by atoms with Gasteiger partial charge < -0.3 is 4.74 Å². The van der Waals surface area contributed by atoms with Crippen LogP contribution in [0.3, 0.4) is 0 Å². The van der Waals surface area contributed by atoms with Crippen LogP contribution in [0.25, 0.3) is 0 Å². The van der Waals surface area contributed by atoms with Crippen LogP contribution in [0.1, 0.15) is 32.6 Å². The normalized spacial score (nSPS) is 26.3. The molecule has 1 aliphatic carbocycles. The van der Waals surface area contributed by atoms with Crippen molar-refractivity contribution in [3.05, 3.63) is 17.5 Å². The zero-order valence-corrected chi connectivity index (χ0v) is 9.57. The van der Waals surface area contributed by atoms with Crippen LogP contribution in [-0.2, 0) is 0 Å². The van der Waals surface area contributed by atoms with E-state index in [1.165, 1.54) is 12.8 Å². The Kier molecular flexibility index (Phi) is 3.41. The number of aromatic nitrogens is 2. The molecule has 1 aliphatic rings. The number of hydrogen-bond donors (Lipinski definition) is 0. The average molecular weight is 227 g/mol. The minimum atomic E-state index is 0.247. The third-order valence-corrected chi connectivity index (χ3v) is 2.96. The van der Waals surface area contributed by atoms with Gasteiger partial charge in [-0.05, 0) is 36.8 Å². The molecule has 1 fully saturated rings. The van der Waals surface area contributed by atoms with Gasteiger partial charge in [-0.25, -0.2) is 4.98 Å². The van der Waals surface area contributed by atoms with Gasteiger partial charge in [-0.1, -0.05) is 13.3 Å². The fourth-order valence-electron chi connectivity index (χ4n) is 2.04. The predicted octanol–water partition coefficient (Wildman–Crippen LogP) is 3.09. The lowest BCUT2D eigenvalue weighted by Crippen LogP contribution is -2.24. The third kappa shape index (κ3) is 3.06. The highest BCUT2D eigenvalue weighted by Gasteiger charge is 2.20. The SMILES string of the molecule is CC1CCCC(Oc2ccnc(Cl)n2)C1. The molecule has 0 spiro atoms. The maximum absolute atomic E-state index is 5.77. The van der Waals surface area contributed by atoms with Gasteiger partial charge in [0.1, 0.15) is 6.10 Å². The second-order valence-corrected chi connectivity index (χ2v) is 4.51. The van der Waals surface area contributed by atoms with Gasteiger partial charge in [0.15, 0.2) is 0 Å². The van der Waals surface area contributed by atoms with Gasteiger partial charge in [0.25, 0.3) is 0 Å². The quantitative estimate of drug-likeness (QED) is 0.727. The van der Waals surface area contributed by atoms with Crippen molar-refractivity contribution in [3.8, 4) is 5.88 Å². The van der Waals surface area contributed by atoms with E-state index >= 15 is 0 Å². The molecule has 4 heteroatoms. The topological polar surface area (TPSA) is 35.0 Å². The van der Waals surface area contributed by atoms with Gasteiger partial charge in [0.2, 0.25) is 11.2 Å². The Hall–Kier alpha value is -0.830. The Morgan fingerprint density at radius 2 is 2.33 bits per heavy atom. The van der Waals surface area contributed by atoms with Crippen molar-refractivity contribution in [1.82, 2.24) is 9.97 Å². The molecule has 0 amide bonds. The monoisotopic (exact) mass is 226 g/mol. The van der Waals surface area contributed by atoms with Gasteiger partial charge in [-0.15, -0.1) is 0 Å². The van der Waals surface area contributed by atoms with Gasteiger partial charge in [0.05, 0.1) is 0 Å². The molecule has 1 aromatic rings. The summed E-state index contributed by atoms with van der Waals surface area (Å²) in [5.41, 5.74) is 0. The van der Waals surface area contributed by atoms with Crippen molar-refractivity contribution >= 4 is 11.6 Å². The van der Waals surface area contributed by atoms with E-state index in [0.29, 0.717) is 12.0 Å². The van der Waals surface area contributed by atoms with E-state index in [1.54, 1.807) is 12.3 Å². The first-order valence-electron chi connectivity index (χ1n) is 5.39. The van der Waals surface area contributed by atoms with E-state index in [1.807, 2.05) is 0 Å². The molecule has 3 nitrogen and oxygen atoms in total. The smallest absolute Gasteiger partial charge is 0.225 e. The second kappa shape index (κ2) is 4.79. The first-order valence-corrected chi connectivity index (χ1v) is 5.77. The number of rotatable bonds is 2. The first kappa shape index (κ1) is 10.7. The van der Waals surface area contributed by atoms with E-state index in [2.05, 4.69) is 16.9 Å². The van der Waals surface area contributed by atoms with Crippen LogP contribution in [0.4, 0.5) is 0 Å². The third-order valence-electron chi connectivity index (χ3n) is 2.78. The molecule has 2 unspecified atom stereocenters. The fourth-order valence-corrected chi connectivity index (χ4v) is 2.18. The molecule has 0 saturated heterocycles. The van der Waals surface area contributed by atoms with Crippen molar-refractivity contribution in [2.45, 2.75) is 38.7 Å². The maximum Gasteiger partial charge on any atom is 0.225 e. The fraction of sp³-hybridized carbons (Fsp3) is 0.636. The summed E-state index contributed by atoms with van der Waals surface area (Å²) in [6, 6.07) is 1.76. The molecule has 1 heterocycles. The minimum Gasteiger partial charge on any atom is -0.474 e. The van der Waals surface area contributed by atoms with Crippen LogP contribution >= 0.6 is 11.6 Å². The van der Waals surface area contributed by atoms with E-state index in [-0.39, 0.29) is 5.28 Å². The van der Waals surface area contributed by atoms with Crippen molar-refractivity contribution in [3.63, 3.8) is 0 Å². The number of ether oxygens (including phenoxy) is 1. The lowest BCUT2D eigenvalue weighted by Gasteiger charge is -2.26. The van der Waals surface area contributed by atoms with Crippen LogP contribution in [-0.4, -0.2) is 16.1 Å².